The maximum Gasteiger partial charge on any atom is 0.129 e. The molecule has 0 saturated heterocycles. The van der Waals surface area contributed by atoms with E-state index in [0.717, 1.165) is 36.8 Å². The first kappa shape index (κ1) is 13.5. The normalized spacial score (nSPS) is 20.7. The lowest BCUT2D eigenvalue weighted by molar-refractivity contribution is -0.0248. The molecular weight excluding hydrogens is 227 g/mol. The standard InChI is InChI=1S/C16H23FO/c1-11-9-12(2)15(14(17)10-11)16(3,18)13-7-5-4-6-8-13/h9-10,13,18H,4-8H2,1-3H3. The molecule has 18 heavy (non-hydrogen) atoms. The van der Waals surface area contributed by atoms with Gasteiger partial charge in [-0.1, -0.05) is 25.3 Å². The summed E-state index contributed by atoms with van der Waals surface area (Å²) in [5, 5.41) is 10.8. The van der Waals surface area contributed by atoms with Crippen LogP contribution in [0.15, 0.2) is 12.1 Å². The van der Waals surface area contributed by atoms with Crippen molar-refractivity contribution in [2.75, 3.05) is 0 Å². The van der Waals surface area contributed by atoms with Gasteiger partial charge < -0.3 is 5.11 Å². The molecule has 0 aromatic heterocycles. The molecule has 1 aliphatic carbocycles. The number of aliphatic hydroxyl groups is 1. The van der Waals surface area contributed by atoms with Crippen molar-refractivity contribution in [2.45, 2.75) is 58.5 Å². The lowest BCUT2D eigenvalue weighted by atomic mass is 9.73. The van der Waals surface area contributed by atoms with Crippen LogP contribution in [0.4, 0.5) is 4.39 Å². The summed E-state index contributed by atoms with van der Waals surface area (Å²) in [7, 11) is 0. The molecule has 1 aromatic carbocycles. The van der Waals surface area contributed by atoms with E-state index in [-0.39, 0.29) is 11.7 Å². The molecule has 1 nitrogen and oxygen atoms in total. The quantitative estimate of drug-likeness (QED) is 0.832. The molecule has 0 bridgehead atoms. The minimum Gasteiger partial charge on any atom is -0.385 e. The fraction of sp³-hybridized carbons (Fsp3) is 0.625. The van der Waals surface area contributed by atoms with Gasteiger partial charge in [-0.2, -0.15) is 0 Å². The van der Waals surface area contributed by atoms with Gasteiger partial charge in [-0.3, -0.25) is 0 Å². The van der Waals surface area contributed by atoms with E-state index in [4.69, 9.17) is 0 Å². The highest BCUT2D eigenvalue weighted by molar-refractivity contribution is 5.36. The Morgan fingerprint density at radius 2 is 1.78 bits per heavy atom. The summed E-state index contributed by atoms with van der Waals surface area (Å²) in [6, 6.07) is 3.48. The van der Waals surface area contributed by atoms with Gasteiger partial charge in [0.1, 0.15) is 5.82 Å². The third-order valence-electron chi connectivity index (χ3n) is 4.34. The molecule has 0 heterocycles. The number of hydrogen-bond acceptors (Lipinski definition) is 1. The van der Waals surface area contributed by atoms with Crippen LogP contribution in [0.2, 0.25) is 0 Å². The molecule has 0 amide bonds. The summed E-state index contributed by atoms with van der Waals surface area (Å²) in [6.07, 6.45) is 5.53. The number of hydrogen-bond donors (Lipinski definition) is 1. The number of halogens is 1. The van der Waals surface area contributed by atoms with Crippen molar-refractivity contribution in [3.05, 3.63) is 34.6 Å². The molecule has 1 atom stereocenters. The van der Waals surface area contributed by atoms with Crippen LogP contribution in [-0.2, 0) is 5.60 Å². The van der Waals surface area contributed by atoms with Crippen molar-refractivity contribution < 1.29 is 9.50 Å². The number of aryl methyl sites for hydroxylation is 2. The maximum atomic E-state index is 14.2. The lowest BCUT2D eigenvalue weighted by Crippen LogP contribution is -2.35. The Balaban J connectivity index is 2.39. The van der Waals surface area contributed by atoms with Crippen LogP contribution in [0.25, 0.3) is 0 Å². The van der Waals surface area contributed by atoms with Gasteiger partial charge in [0.15, 0.2) is 0 Å². The van der Waals surface area contributed by atoms with E-state index in [1.165, 1.54) is 12.5 Å². The summed E-state index contributed by atoms with van der Waals surface area (Å²) in [4.78, 5) is 0. The van der Waals surface area contributed by atoms with Crippen molar-refractivity contribution in [2.24, 2.45) is 5.92 Å². The van der Waals surface area contributed by atoms with Gasteiger partial charge in [0, 0.05) is 5.56 Å². The number of benzene rings is 1. The van der Waals surface area contributed by atoms with Crippen molar-refractivity contribution >= 4 is 0 Å². The molecule has 1 unspecified atom stereocenters. The predicted molar refractivity (Wildman–Crippen MR) is 72.0 cm³/mol. The predicted octanol–water partition coefficient (Wildman–Crippen LogP) is 4.23. The van der Waals surface area contributed by atoms with Crippen LogP contribution in [0.1, 0.15) is 55.7 Å². The highest BCUT2D eigenvalue weighted by Crippen LogP contribution is 2.41. The zero-order valence-electron chi connectivity index (χ0n) is 11.6. The van der Waals surface area contributed by atoms with Crippen LogP contribution < -0.4 is 0 Å². The van der Waals surface area contributed by atoms with Gasteiger partial charge in [-0.05, 0) is 56.7 Å². The molecule has 1 aliphatic rings. The first-order chi connectivity index (χ1) is 8.43. The largest absolute Gasteiger partial charge is 0.385 e. The second kappa shape index (κ2) is 5.00. The van der Waals surface area contributed by atoms with Crippen LogP contribution in [0.3, 0.4) is 0 Å². The van der Waals surface area contributed by atoms with E-state index in [1.807, 2.05) is 19.9 Å². The molecule has 2 heteroatoms. The summed E-state index contributed by atoms with van der Waals surface area (Å²) in [6.45, 7) is 5.56. The van der Waals surface area contributed by atoms with E-state index in [9.17, 15) is 9.50 Å². The van der Waals surface area contributed by atoms with E-state index >= 15 is 0 Å². The Hall–Kier alpha value is -0.890. The minimum absolute atomic E-state index is 0.183. The first-order valence-corrected chi connectivity index (χ1v) is 6.92. The third kappa shape index (κ3) is 2.44. The SMILES string of the molecule is Cc1cc(C)c(C(C)(O)C2CCCCC2)c(F)c1. The highest BCUT2D eigenvalue weighted by Gasteiger charge is 2.37. The van der Waals surface area contributed by atoms with Crippen LogP contribution in [-0.4, -0.2) is 5.11 Å². The summed E-state index contributed by atoms with van der Waals surface area (Å²) < 4.78 is 14.2. The fourth-order valence-corrected chi connectivity index (χ4v) is 3.43. The maximum absolute atomic E-state index is 14.2. The van der Waals surface area contributed by atoms with E-state index in [2.05, 4.69) is 0 Å². The third-order valence-corrected chi connectivity index (χ3v) is 4.34. The Morgan fingerprint density at radius 3 is 2.33 bits per heavy atom. The number of rotatable bonds is 2. The zero-order valence-corrected chi connectivity index (χ0v) is 11.6. The molecule has 0 aliphatic heterocycles. The first-order valence-electron chi connectivity index (χ1n) is 6.92. The van der Waals surface area contributed by atoms with Gasteiger partial charge in [0.05, 0.1) is 5.60 Å². The Labute approximate surface area is 109 Å². The van der Waals surface area contributed by atoms with E-state index < -0.39 is 5.60 Å². The van der Waals surface area contributed by atoms with Gasteiger partial charge in [-0.15, -0.1) is 0 Å². The smallest absolute Gasteiger partial charge is 0.129 e. The van der Waals surface area contributed by atoms with Gasteiger partial charge in [0.2, 0.25) is 0 Å². The molecule has 0 radical (unpaired) electrons. The van der Waals surface area contributed by atoms with Crippen molar-refractivity contribution in [1.82, 2.24) is 0 Å². The zero-order chi connectivity index (χ0) is 13.3. The average molecular weight is 250 g/mol. The van der Waals surface area contributed by atoms with Crippen LogP contribution >= 0.6 is 0 Å². The molecule has 1 fully saturated rings. The monoisotopic (exact) mass is 250 g/mol. The second-order valence-corrected chi connectivity index (χ2v) is 5.92. The van der Waals surface area contributed by atoms with Crippen molar-refractivity contribution in [3.63, 3.8) is 0 Å². The van der Waals surface area contributed by atoms with Crippen molar-refractivity contribution in [3.8, 4) is 0 Å². The van der Waals surface area contributed by atoms with Gasteiger partial charge in [-0.25, -0.2) is 4.39 Å². The second-order valence-electron chi connectivity index (χ2n) is 5.92. The van der Waals surface area contributed by atoms with E-state index in [1.54, 1.807) is 6.92 Å². The average Bonchev–Trinajstić information content (AvgIpc) is 2.28. The van der Waals surface area contributed by atoms with Crippen LogP contribution in [0, 0.1) is 25.6 Å². The Morgan fingerprint density at radius 1 is 1.17 bits per heavy atom. The Bertz CT molecular complexity index is 408. The highest BCUT2D eigenvalue weighted by atomic mass is 19.1. The lowest BCUT2D eigenvalue weighted by Gasteiger charge is -2.37. The topological polar surface area (TPSA) is 20.2 Å². The summed E-state index contributed by atoms with van der Waals surface area (Å²) in [5.41, 5.74) is 1.23. The van der Waals surface area contributed by atoms with E-state index in [0.29, 0.717) is 5.56 Å². The van der Waals surface area contributed by atoms with Crippen LogP contribution in [0.5, 0.6) is 0 Å². The summed E-state index contributed by atoms with van der Waals surface area (Å²) >= 11 is 0. The molecule has 1 saturated carbocycles. The molecule has 2 rings (SSSR count). The molecule has 1 aromatic rings. The molecule has 0 spiro atoms. The molecule has 100 valence electrons. The minimum atomic E-state index is -1.04. The van der Waals surface area contributed by atoms with Gasteiger partial charge in [0.25, 0.3) is 0 Å². The molecule has 1 N–H and O–H groups in total. The Kier molecular flexibility index (Phi) is 3.76. The van der Waals surface area contributed by atoms with Crippen molar-refractivity contribution in [1.29, 1.82) is 0 Å². The molecular formula is C16H23FO. The fourth-order valence-electron chi connectivity index (χ4n) is 3.43. The summed E-state index contributed by atoms with van der Waals surface area (Å²) in [5.74, 6) is -0.0785. The van der Waals surface area contributed by atoms with Gasteiger partial charge >= 0.3 is 0 Å².